The summed E-state index contributed by atoms with van der Waals surface area (Å²) in [6, 6.07) is 4.35. The Balaban J connectivity index is 2.91. The molecule has 1 aromatic carbocycles. The molecule has 0 saturated carbocycles. The summed E-state index contributed by atoms with van der Waals surface area (Å²) in [5.74, 6) is 0. The lowest BCUT2D eigenvalue weighted by molar-refractivity contribution is 0.0954. The highest BCUT2D eigenvalue weighted by Crippen LogP contribution is 2.27. The minimum absolute atomic E-state index is 0.0194. The van der Waals surface area contributed by atoms with Gasteiger partial charge < -0.3 is 10.0 Å². The first kappa shape index (κ1) is 22.7. The van der Waals surface area contributed by atoms with E-state index in [0.717, 1.165) is 25.9 Å². The van der Waals surface area contributed by atoms with Gasteiger partial charge in [-0.15, -0.1) is 0 Å². The number of halogens is 2. The van der Waals surface area contributed by atoms with E-state index in [1.54, 1.807) is 13.0 Å². The second kappa shape index (κ2) is 10.7. The van der Waals surface area contributed by atoms with Crippen LogP contribution in [0.5, 0.6) is 0 Å². The van der Waals surface area contributed by atoms with Gasteiger partial charge in [0.05, 0.1) is 11.1 Å². The van der Waals surface area contributed by atoms with E-state index < -0.39 is 16.1 Å². The van der Waals surface area contributed by atoms with Crippen LogP contribution < -0.4 is 0 Å². The standard InChI is InChI=1S/C17H28Cl2N2O3S/c1-4-9-20(10-5-2)12-15(22)13-21(6-3)25(23,24)17-11-14(18)7-8-16(17)19/h7-8,11,15,22H,4-6,9-10,12-13H2,1-3H3. The van der Waals surface area contributed by atoms with Gasteiger partial charge in [0.2, 0.25) is 10.0 Å². The molecule has 0 heterocycles. The Morgan fingerprint density at radius 2 is 1.68 bits per heavy atom. The third-order valence-electron chi connectivity index (χ3n) is 3.83. The minimum Gasteiger partial charge on any atom is -0.390 e. The lowest BCUT2D eigenvalue weighted by Gasteiger charge is -2.28. The van der Waals surface area contributed by atoms with Crippen LogP contribution in [-0.4, -0.2) is 61.6 Å². The summed E-state index contributed by atoms with van der Waals surface area (Å²) in [6.07, 6.45) is 1.20. The summed E-state index contributed by atoms with van der Waals surface area (Å²) in [4.78, 5) is 2.12. The molecular weight excluding hydrogens is 383 g/mol. The topological polar surface area (TPSA) is 60.9 Å². The molecule has 1 rings (SSSR count). The van der Waals surface area contributed by atoms with Gasteiger partial charge in [-0.25, -0.2) is 8.42 Å². The highest BCUT2D eigenvalue weighted by Gasteiger charge is 2.28. The first-order valence-corrected chi connectivity index (χ1v) is 10.8. The normalized spacial score (nSPS) is 13.6. The van der Waals surface area contributed by atoms with Gasteiger partial charge in [0.15, 0.2) is 0 Å². The fraction of sp³-hybridized carbons (Fsp3) is 0.647. The predicted octanol–water partition coefficient (Wildman–Crippen LogP) is 3.49. The molecule has 1 N–H and O–H groups in total. The van der Waals surface area contributed by atoms with E-state index in [0.29, 0.717) is 11.6 Å². The number of nitrogens with zero attached hydrogens (tertiary/aromatic N) is 2. The average Bonchev–Trinajstić information content (AvgIpc) is 2.55. The summed E-state index contributed by atoms with van der Waals surface area (Å²) in [5, 5.41) is 10.8. The van der Waals surface area contributed by atoms with E-state index in [9.17, 15) is 13.5 Å². The summed E-state index contributed by atoms with van der Waals surface area (Å²) in [7, 11) is -3.82. The maximum atomic E-state index is 12.9. The highest BCUT2D eigenvalue weighted by molar-refractivity contribution is 7.89. The predicted molar refractivity (Wildman–Crippen MR) is 104 cm³/mol. The van der Waals surface area contributed by atoms with E-state index in [1.807, 2.05) is 0 Å². The maximum Gasteiger partial charge on any atom is 0.244 e. The van der Waals surface area contributed by atoms with Gasteiger partial charge in [0.1, 0.15) is 4.90 Å². The molecule has 1 unspecified atom stereocenters. The third kappa shape index (κ3) is 6.70. The Morgan fingerprint density at radius 3 is 2.20 bits per heavy atom. The van der Waals surface area contributed by atoms with E-state index in [4.69, 9.17) is 23.2 Å². The van der Waals surface area contributed by atoms with Crippen molar-refractivity contribution < 1.29 is 13.5 Å². The Labute approximate surface area is 161 Å². The molecule has 0 bridgehead atoms. The average molecular weight is 411 g/mol. The van der Waals surface area contributed by atoms with Crippen LogP contribution in [0.3, 0.4) is 0 Å². The highest BCUT2D eigenvalue weighted by atomic mass is 35.5. The molecule has 0 radical (unpaired) electrons. The van der Waals surface area contributed by atoms with Crippen molar-refractivity contribution in [3.63, 3.8) is 0 Å². The zero-order valence-corrected chi connectivity index (χ0v) is 17.4. The molecule has 0 saturated heterocycles. The summed E-state index contributed by atoms with van der Waals surface area (Å²) in [6.45, 7) is 8.36. The first-order valence-electron chi connectivity index (χ1n) is 8.61. The fourth-order valence-corrected chi connectivity index (χ4v) is 4.95. The van der Waals surface area contributed by atoms with Crippen molar-refractivity contribution in [2.75, 3.05) is 32.7 Å². The lowest BCUT2D eigenvalue weighted by atomic mass is 10.3. The van der Waals surface area contributed by atoms with Crippen LogP contribution in [0.15, 0.2) is 23.1 Å². The van der Waals surface area contributed by atoms with Crippen LogP contribution in [-0.2, 0) is 10.0 Å². The number of sulfonamides is 1. The fourth-order valence-electron chi connectivity index (χ4n) is 2.73. The summed E-state index contributed by atoms with van der Waals surface area (Å²) in [5.41, 5.74) is 0. The molecule has 8 heteroatoms. The van der Waals surface area contributed by atoms with E-state index in [2.05, 4.69) is 18.7 Å². The Bertz CT molecular complexity index is 635. The van der Waals surface area contributed by atoms with Crippen molar-refractivity contribution in [1.29, 1.82) is 0 Å². The molecule has 25 heavy (non-hydrogen) atoms. The second-order valence-corrected chi connectivity index (χ2v) is 8.73. The van der Waals surface area contributed by atoms with Gasteiger partial charge >= 0.3 is 0 Å². The van der Waals surface area contributed by atoms with Gasteiger partial charge in [0.25, 0.3) is 0 Å². The molecule has 0 aliphatic rings. The number of likely N-dealkylation sites (N-methyl/N-ethyl adjacent to an activating group) is 1. The zero-order valence-electron chi connectivity index (χ0n) is 15.1. The Kier molecular flexibility index (Phi) is 9.70. The molecule has 0 aliphatic carbocycles. The van der Waals surface area contributed by atoms with Crippen molar-refractivity contribution in [3.05, 3.63) is 28.2 Å². The van der Waals surface area contributed by atoms with Crippen molar-refractivity contribution in [2.24, 2.45) is 0 Å². The quantitative estimate of drug-likeness (QED) is 0.606. The molecule has 0 amide bonds. The van der Waals surface area contributed by atoms with Crippen LogP contribution in [0.25, 0.3) is 0 Å². The number of aliphatic hydroxyl groups is 1. The van der Waals surface area contributed by atoms with Crippen molar-refractivity contribution in [1.82, 2.24) is 9.21 Å². The molecule has 0 spiro atoms. The molecule has 0 aliphatic heterocycles. The Hall–Kier alpha value is -0.370. The minimum atomic E-state index is -3.82. The lowest BCUT2D eigenvalue weighted by Crippen LogP contribution is -2.43. The maximum absolute atomic E-state index is 12.9. The number of hydrogen-bond donors (Lipinski definition) is 1. The smallest absolute Gasteiger partial charge is 0.244 e. The van der Waals surface area contributed by atoms with Gasteiger partial charge in [-0.05, 0) is 44.1 Å². The monoisotopic (exact) mass is 410 g/mol. The zero-order chi connectivity index (χ0) is 19.0. The van der Waals surface area contributed by atoms with E-state index in [-0.39, 0.29) is 23.0 Å². The Morgan fingerprint density at radius 1 is 1.08 bits per heavy atom. The summed E-state index contributed by atoms with van der Waals surface area (Å²) >= 11 is 12.0. The number of benzene rings is 1. The molecule has 0 aromatic heterocycles. The molecule has 144 valence electrons. The molecule has 1 aromatic rings. The SMILES string of the molecule is CCCN(CCC)CC(O)CN(CC)S(=O)(=O)c1cc(Cl)ccc1Cl. The van der Waals surface area contributed by atoms with Crippen molar-refractivity contribution >= 4 is 33.2 Å². The van der Waals surface area contributed by atoms with Crippen LogP contribution in [0.2, 0.25) is 10.0 Å². The first-order chi connectivity index (χ1) is 11.8. The van der Waals surface area contributed by atoms with E-state index >= 15 is 0 Å². The van der Waals surface area contributed by atoms with E-state index in [1.165, 1.54) is 16.4 Å². The number of rotatable bonds is 11. The van der Waals surface area contributed by atoms with Crippen LogP contribution in [0, 0.1) is 0 Å². The molecule has 5 nitrogen and oxygen atoms in total. The largest absolute Gasteiger partial charge is 0.390 e. The van der Waals surface area contributed by atoms with Crippen LogP contribution in [0.4, 0.5) is 0 Å². The third-order valence-corrected chi connectivity index (χ3v) is 6.48. The molecule has 0 fully saturated rings. The van der Waals surface area contributed by atoms with Gasteiger partial charge in [0, 0.05) is 24.7 Å². The van der Waals surface area contributed by atoms with Crippen LogP contribution in [0.1, 0.15) is 33.6 Å². The van der Waals surface area contributed by atoms with Gasteiger partial charge in [-0.3, -0.25) is 0 Å². The molecular formula is C17H28Cl2N2O3S. The van der Waals surface area contributed by atoms with Crippen molar-refractivity contribution in [2.45, 2.75) is 44.6 Å². The van der Waals surface area contributed by atoms with Crippen LogP contribution >= 0.6 is 23.2 Å². The van der Waals surface area contributed by atoms with Gasteiger partial charge in [-0.2, -0.15) is 4.31 Å². The number of aliphatic hydroxyl groups excluding tert-OH is 1. The molecule has 1 atom stereocenters. The second-order valence-electron chi connectivity index (χ2n) is 5.98. The van der Waals surface area contributed by atoms with Gasteiger partial charge in [-0.1, -0.05) is 44.0 Å². The summed E-state index contributed by atoms with van der Waals surface area (Å²) < 4.78 is 27.0. The van der Waals surface area contributed by atoms with Crippen molar-refractivity contribution in [3.8, 4) is 0 Å². The number of hydrogen-bond acceptors (Lipinski definition) is 4.